The Hall–Kier alpha value is -1.40. The normalized spacial score (nSPS) is 12.6. The van der Waals surface area contributed by atoms with E-state index in [0.717, 1.165) is 34.8 Å². The molecule has 6 heteroatoms. The fourth-order valence-corrected chi connectivity index (χ4v) is 2.50. The Balaban J connectivity index is 2.41. The summed E-state index contributed by atoms with van der Waals surface area (Å²) in [4.78, 5) is 0.396. The predicted molar refractivity (Wildman–Crippen MR) is 60.6 cm³/mol. The van der Waals surface area contributed by atoms with Crippen LogP contribution in [0.2, 0.25) is 0 Å². The number of halogens is 2. The molecule has 0 aliphatic carbocycles. The molecule has 84 valence electrons. The monoisotopic (exact) mass is 260 g/mol. The summed E-state index contributed by atoms with van der Waals surface area (Å²) in [6, 6.07) is 2.19. The van der Waals surface area contributed by atoms with E-state index in [2.05, 4.69) is 0 Å². The lowest BCUT2D eigenvalue weighted by atomic mass is 10.3. The first-order valence-electron chi connectivity index (χ1n) is 4.19. The summed E-state index contributed by atoms with van der Waals surface area (Å²) in [5.74, 6) is -1.88. The maximum Gasteiger partial charge on any atom is 0.176 e. The number of rotatable bonds is 2. The molecule has 0 bridgehead atoms. The van der Waals surface area contributed by atoms with Crippen molar-refractivity contribution in [1.29, 1.82) is 0 Å². The Morgan fingerprint density at radius 1 is 0.875 bits per heavy atom. The highest BCUT2D eigenvalue weighted by Gasteiger charge is 2.13. The van der Waals surface area contributed by atoms with Gasteiger partial charge in [-0.3, -0.25) is 0 Å². The summed E-state index contributed by atoms with van der Waals surface area (Å²) in [5.41, 5.74) is 0. The molecule has 0 atom stereocenters. The predicted octanol–water partition coefficient (Wildman–Crippen LogP) is 4.03. The molecule has 0 aromatic carbocycles. The van der Waals surface area contributed by atoms with E-state index >= 15 is 0 Å². The lowest BCUT2D eigenvalue weighted by Gasteiger charge is -1.99. The highest BCUT2D eigenvalue weighted by atomic mass is 32.1. The molecule has 0 aliphatic heterocycles. The van der Waals surface area contributed by atoms with E-state index in [4.69, 9.17) is 0 Å². The minimum Gasteiger partial charge on any atom is -0.503 e. The number of aliphatic hydroxyl groups is 2. The zero-order valence-corrected chi connectivity index (χ0v) is 9.41. The van der Waals surface area contributed by atoms with Crippen LogP contribution < -0.4 is 0 Å². The quantitative estimate of drug-likeness (QED) is 0.800. The van der Waals surface area contributed by atoms with Gasteiger partial charge in [0.1, 0.15) is 11.6 Å². The molecule has 0 amide bonds. The van der Waals surface area contributed by atoms with Crippen molar-refractivity contribution in [2.24, 2.45) is 0 Å². The molecule has 2 nitrogen and oxygen atoms in total. The van der Waals surface area contributed by atoms with E-state index < -0.39 is 23.2 Å². The van der Waals surface area contributed by atoms with E-state index in [-0.39, 0.29) is 9.75 Å². The van der Waals surface area contributed by atoms with E-state index in [1.54, 1.807) is 0 Å². The van der Waals surface area contributed by atoms with Crippen molar-refractivity contribution in [2.45, 2.75) is 0 Å². The first-order chi connectivity index (χ1) is 7.58. The molecule has 2 rings (SSSR count). The lowest BCUT2D eigenvalue weighted by molar-refractivity contribution is 0.461. The van der Waals surface area contributed by atoms with Gasteiger partial charge >= 0.3 is 0 Å². The Morgan fingerprint density at radius 2 is 1.25 bits per heavy atom. The van der Waals surface area contributed by atoms with Crippen molar-refractivity contribution in [3.63, 3.8) is 0 Å². The van der Waals surface area contributed by atoms with E-state index in [1.165, 1.54) is 10.8 Å². The Labute approximate surface area is 97.7 Å². The molecule has 2 aromatic rings. The van der Waals surface area contributed by atoms with Gasteiger partial charge in [-0.2, -0.15) is 0 Å². The third-order valence-corrected chi connectivity index (χ3v) is 3.64. The van der Waals surface area contributed by atoms with Gasteiger partial charge in [-0.1, -0.05) is 0 Å². The fraction of sp³-hybridized carbons (Fsp3) is 0. The number of hydrogen-bond acceptors (Lipinski definition) is 4. The summed E-state index contributed by atoms with van der Waals surface area (Å²) >= 11 is 1.91. The van der Waals surface area contributed by atoms with Crippen LogP contribution in [0.15, 0.2) is 22.9 Å². The Bertz CT molecular complexity index is 494. The molecule has 2 N–H and O–H groups in total. The minimum absolute atomic E-state index is 0.198. The molecule has 0 fully saturated rings. The van der Waals surface area contributed by atoms with E-state index in [0.29, 0.717) is 0 Å². The van der Waals surface area contributed by atoms with Crippen molar-refractivity contribution in [2.75, 3.05) is 0 Å². The summed E-state index contributed by atoms with van der Waals surface area (Å²) < 4.78 is 25.4. The van der Waals surface area contributed by atoms with Crippen LogP contribution in [0.5, 0.6) is 0 Å². The number of thiophene rings is 2. The second-order valence-electron chi connectivity index (χ2n) is 2.96. The molecule has 0 saturated carbocycles. The highest BCUT2D eigenvalue weighted by molar-refractivity contribution is 7.12. The number of aliphatic hydroxyl groups excluding tert-OH is 2. The van der Waals surface area contributed by atoms with Crippen molar-refractivity contribution in [3.05, 3.63) is 44.3 Å². The van der Waals surface area contributed by atoms with Crippen molar-refractivity contribution >= 4 is 34.2 Å². The summed E-state index contributed by atoms with van der Waals surface area (Å²) in [6.45, 7) is 0. The molecule has 2 heterocycles. The molecule has 0 radical (unpaired) electrons. The third kappa shape index (κ3) is 2.07. The molecule has 0 saturated heterocycles. The van der Waals surface area contributed by atoms with Crippen LogP contribution >= 0.6 is 22.7 Å². The van der Waals surface area contributed by atoms with Gasteiger partial charge in [0.05, 0.1) is 9.75 Å². The topological polar surface area (TPSA) is 40.5 Å². The van der Waals surface area contributed by atoms with Gasteiger partial charge in [-0.15, -0.1) is 22.7 Å². The van der Waals surface area contributed by atoms with Crippen molar-refractivity contribution < 1.29 is 19.0 Å². The zero-order chi connectivity index (χ0) is 11.7. The summed E-state index contributed by atoms with van der Waals surface area (Å²) in [5, 5.41) is 21.6. The largest absolute Gasteiger partial charge is 0.503 e. The van der Waals surface area contributed by atoms with Gasteiger partial charge in [0, 0.05) is 10.8 Å². The average molecular weight is 260 g/mol. The molecule has 2 aromatic heterocycles. The second kappa shape index (κ2) is 4.23. The fourth-order valence-electron chi connectivity index (χ4n) is 1.11. The smallest absolute Gasteiger partial charge is 0.176 e. The standard InChI is InChI=1S/C10H6F2O2S2/c11-5-1-7(15-3-5)9(13)10(14)8-2-6(12)4-16-8/h1-4,13-14H/b10-9+. The molecule has 0 spiro atoms. The van der Waals surface area contributed by atoms with Crippen LogP contribution in [0.25, 0.3) is 11.5 Å². The first-order valence-corrected chi connectivity index (χ1v) is 5.95. The van der Waals surface area contributed by atoms with Crippen LogP contribution in [0.1, 0.15) is 9.75 Å². The highest BCUT2D eigenvalue weighted by Crippen LogP contribution is 2.29. The molecular formula is C10H6F2O2S2. The minimum atomic E-state index is -0.489. The van der Waals surface area contributed by atoms with Crippen molar-refractivity contribution in [1.82, 2.24) is 0 Å². The number of hydrogen-bond donors (Lipinski definition) is 2. The van der Waals surface area contributed by atoms with E-state index in [1.807, 2.05) is 0 Å². The van der Waals surface area contributed by atoms with Gasteiger partial charge in [-0.25, -0.2) is 8.78 Å². The molecular weight excluding hydrogens is 254 g/mol. The Kier molecular flexibility index (Phi) is 2.93. The van der Waals surface area contributed by atoms with Crippen LogP contribution in [0, 0.1) is 11.6 Å². The first kappa shape index (κ1) is 11.1. The van der Waals surface area contributed by atoms with Crippen LogP contribution in [0.4, 0.5) is 8.78 Å². The van der Waals surface area contributed by atoms with Gasteiger partial charge in [0.25, 0.3) is 0 Å². The van der Waals surface area contributed by atoms with Gasteiger partial charge in [-0.05, 0) is 12.1 Å². The zero-order valence-electron chi connectivity index (χ0n) is 7.78. The van der Waals surface area contributed by atoms with Gasteiger partial charge in [0.2, 0.25) is 0 Å². The SMILES string of the molecule is O/C(=C(/O)c1cc(F)cs1)c1cc(F)cs1. The van der Waals surface area contributed by atoms with Gasteiger partial charge in [0.15, 0.2) is 11.5 Å². The molecule has 16 heavy (non-hydrogen) atoms. The maximum atomic E-state index is 12.7. The maximum absolute atomic E-state index is 12.7. The average Bonchev–Trinajstić information content (AvgIpc) is 2.85. The van der Waals surface area contributed by atoms with Crippen LogP contribution in [0.3, 0.4) is 0 Å². The summed E-state index contributed by atoms with van der Waals surface area (Å²) in [6.07, 6.45) is 0. The van der Waals surface area contributed by atoms with Crippen molar-refractivity contribution in [3.8, 4) is 0 Å². The summed E-state index contributed by atoms with van der Waals surface area (Å²) in [7, 11) is 0. The Morgan fingerprint density at radius 3 is 1.50 bits per heavy atom. The van der Waals surface area contributed by atoms with Crippen LogP contribution in [-0.2, 0) is 0 Å². The van der Waals surface area contributed by atoms with Gasteiger partial charge < -0.3 is 10.2 Å². The third-order valence-electron chi connectivity index (χ3n) is 1.83. The van der Waals surface area contributed by atoms with Crippen LogP contribution in [-0.4, -0.2) is 10.2 Å². The molecule has 0 unspecified atom stereocenters. The second-order valence-corrected chi connectivity index (χ2v) is 4.78. The van der Waals surface area contributed by atoms with E-state index in [9.17, 15) is 19.0 Å². The lowest BCUT2D eigenvalue weighted by Crippen LogP contribution is -1.85. The molecule has 0 aliphatic rings.